The van der Waals surface area contributed by atoms with Crippen LogP contribution in [0.5, 0.6) is 0 Å². The molecule has 0 spiro atoms. The SMILES string of the molecule is OC[C@H]1[C@@H]2C[C@@H]3CC[C@H]1N3C/C2=C\c1cccs1. The van der Waals surface area contributed by atoms with E-state index in [2.05, 4.69) is 28.5 Å². The first-order valence-electron chi connectivity index (χ1n) is 6.97. The quantitative estimate of drug-likeness (QED) is 0.884. The lowest BCUT2D eigenvalue weighted by Crippen LogP contribution is -2.56. The Kier molecular flexibility index (Phi) is 2.61. The van der Waals surface area contributed by atoms with Gasteiger partial charge in [0, 0.05) is 36.0 Å². The number of aliphatic hydroxyl groups excluding tert-OH is 1. The van der Waals surface area contributed by atoms with Crippen LogP contribution in [0.25, 0.3) is 6.08 Å². The predicted molar refractivity (Wildman–Crippen MR) is 74.5 cm³/mol. The normalized spacial score (nSPS) is 43.8. The summed E-state index contributed by atoms with van der Waals surface area (Å²) in [6.45, 7) is 1.51. The number of aliphatic hydroxyl groups is 1. The van der Waals surface area contributed by atoms with E-state index in [4.69, 9.17) is 0 Å². The molecule has 1 unspecified atom stereocenters. The van der Waals surface area contributed by atoms with Gasteiger partial charge in [-0.25, -0.2) is 0 Å². The van der Waals surface area contributed by atoms with Gasteiger partial charge in [-0.15, -0.1) is 11.3 Å². The van der Waals surface area contributed by atoms with Crippen LogP contribution >= 0.6 is 11.3 Å². The lowest BCUT2D eigenvalue weighted by atomic mass is 9.71. The zero-order chi connectivity index (χ0) is 12.1. The van der Waals surface area contributed by atoms with Gasteiger partial charge in [0.2, 0.25) is 0 Å². The van der Waals surface area contributed by atoms with E-state index >= 15 is 0 Å². The highest BCUT2D eigenvalue weighted by atomic mass is 32.1. The molecule has 5 rings (SSSR count). The van der Waals surface area contributed by atoms with E-state index in [9.17, 15) is 5.11 Å². The second kappa shape index (κ2) is 4.19. The van der Waals surface area contributed by atoms with Gasteiger partial charge in [-0.3, -0.25) is 4.90 Å². The van der Waals surface area contributed by atoms with E-state index in [0.29, 0.717) is 24.5 Å². The molecule has 5 heterocycles. The summed E-state index contributed by atoms with van der Waals surface area (Å²) in [4.78, 5) is 4.03. The summed E-state index contributed by atoms with van der Waals surface area (Å²) in [6, 6.07) is 5.78. The molecular formula is C15H19NOS. The van der Waals surface area contributed by atoms with Crippen LogP contribution < -0.4 is 0 Å². The average Bonchev–Trinajstić information content (AvgIpc) is 2.99. The van der Waals surface area contributed by atoms with Gasteiger partial charge in [0.25, 0.3) is 0 Å². The predicted octanol–water partition coefficient (Wildman–Crippen LogP) is 2.61. The molecule has 96 valence electrons. The zero-order valence-electron chi connectivity index (χ0n) is 10.5. The lowest BCUT2D eigenvalue weighted by molar-refractivity contribution is -0.000623. The largest absolute Gasteiger partial charge is 0.396 e. The number of hydrogen-bond acceptors (Lipinski definition) is 3. The second-order valence-corrected chi connectivity index (χ2v) is 6.87. The van der Waals surface area contributed by atoms with Gasteiger partial charge in [-0.05, 0) is 42.7 Å². The molecule has 1 aromatic heterocycles. The van der Waals surface area contributed by atoms with Crippen molar-refractivity contribution in [3.63, 3.8) is 0 Å². The average molecular weight is 261 g/mol. The van der Waals surface area contributed by atoms with E-state index in [1.807, 2.05) is 11.3 Å². The Morgan fingerprint density at radius 2 is 2.39 bits per heavy atom. The Bertz CT molecular complexity index is 467. The van der Waals surface area contributed by atoms with Gasteiger partial charge in [0.1, 0.15) is 0 Å². The molecule has 1 N–H and O–H groups in total. The highest BCUT2D eigenvalue weighted by Crippen LogP contribution is 2.50. The summed E-state index contributed by atoms with van der Waals surface area (Å²) < 4.78 is 0. The molecule has 18 heavy (non-hydrogen) atoms. The third-order valence-corrected chi connectivity index (χ3v) is 5.97. The summed E-state index contributed by atoms with van der Waals surface area (Å²) in [7, 11) is 0. The van der Waals surface area contributed by atoms with Crippen LogP contribution in [0.3, 0.4) is 0 Å². The molecule has 4 aliphatic rings. The molecule has 5 atom stereocenters. The van der Waals surface area contributed by atoms with E-state index in [1.54, 1.807) is 5.57 Å². The van der Waals surface area contributed by atoms with E-state index in [-0.39, 0.29) is 0 Å². The van der Waals surface area contributed by atoms with Crippen LogP contribution in [0.2, 0.25) is 0 Å². The van der Waals surface area contributed by atoms with Crippen molar-refractivity contribution in [3.05, 3.63) is 28.0 Å². The topological polar surface area (TPSA) is 23.5 Å². The van der Waals surface area contributed by atoms with Crippen LogP contribution in [0.4, 0.5) is 0 Å². The van der Waals surface area contributed by atoms with Gasteiger partial charge in [0.05, 0.1) is 0 Å². The van der Waals surface area contributed by atoms with E-state index in [0.717, 1.165) is 12.6 Å². The highest BCUT2D eigenvalue weighted by molar-refractivity contribution is 7.10. The summed E-state index contributed by atoms with van der Waals surface area (Å²) in [6.07, 6.45) is 6.31. The molecule has 0 aliphatic carbocycles. The Hall–Kier alpha value is -0.640. The van der Waals surface area contributed by atoms with Crippen molar-refractivity contribution < 1.29 is 5.11 Å². The van der Waals surface area contributed by atoms with Gasteiger partial charge < -0.3 is 5.11 Å². The maximum atomic E-state index is 9.73. The molecule has 4 aliphatic heterocycles. The Morgan fingerprint density at radius 3 is 3.17 bits per heavy atom. The summed E-state index contributed by atoms with van der Waals surface area (Å²) in [5, 5.41) is 11.9. The van der Waals surface area contributed by atoms with Crippen LogP contribution in [-0.4, -0.2) is 35.2 Å². The minimum absolute atomic E-state index is 0.361. The number of piperidine rings is 3. The van der Waals surface area contributed by atoms with Crippen molar-refractivity contribution in [1.82, 2.24) is 4.90 Å². The molecule has 4 saturated heterocycles. The highest BCUT2D eigenvalue weighted by Gasteiger charge is 2.51. The summed E-state index contributed by atoms with van der Waals surface area (Å²) in [5.74, 6) is 1.13. The van der Waals surface area contributed by atoms with Crippen molar-refractivity contribution in [2.45, 2.75) is 31.3 Å². The number of rotatable bonds is 2. The first-order chi connectivity index (χ1) is 8.86. The minimum Gasteiger partial charge on any atom is -0.396 e. The van der Waals surface area contributed by atoms with Crippen LogP contribution in [0.1, 0.15) is 24.1 Å². The van der Waals surface area contributed by atoms with Crippen molar-refractivity contribution in [2.24, 2.45) is 11.8 Å². The minimum atomic E-state index is 0.361. The first-order valence-corrected chi connectivity index (χ1v) is 7.85. The summed E-state index contributed by atoms with van der Waals surface area (Å²) in [5.41, 5.74) is 1.56. The molecule has 1 aromatic rings. The number of thiophene rings is 1. The van der Waals surface area contributed by atoms with Crippen molar-refractivity contribution in [3.8, 4) is 0 Å². The third-order valence-electron chi connectivity index (χ3n) is 5.15. The smallest absolute Gasteiger partial charge is 0.0480 e. The Labute approximate surface area is 112 Å². The molecule has 2 nitrogen and oxygen atoms in total. The Balaban J connectivity index is 1.68. The van der Waals surface area contributed by atoms with Crippen LogP contribution in [0.15, 0.2) is 23.1 Å². The van der Waals surface area contributed by atoms with Crippen LogP contribution in [0, 0.1) is 11.8 Å². The molecule has 0 saturated carbocycles. The fraction of sp³-hybridized carbons (Fsp3) is 0.600. The van der Waals surface area contributed by atoms with Gasteiger partial charge >= 0.3 is 0 Å². The molecule has 0 radical (unpaired) electrons. The van der Waals surface area contributed by atoms with Crippen molar-refractivity contribution in [1.29, 1.82) is 0 Å². The summed E-state index contributed by atoms with van der Waals surface area (Å²) >= 11 is 1.81. The fourth-order valence-electron chi connectivity index (χ4n) is 4.37. The zero-order valence-corrected chi connectivity index (χ0v) is 11.3. The number of fused-ring (bicyclic) bond motifs is 1. The van der Waals surface area contributed by atoms with Crippen molar-refractivity contribution in [2.75, 3.05) is 13.2 Å². The standard InChI is InChI=1S/C15H19NOS/c17-9-14-13-7-11-3-4-15(14)16(11)8-10(13)6-12-2-1-5-18-12/h1-2,5-6,11,13-15,17H,3-4,7-9H2/b10-6+/t11-,13+,14-,15+/m0/s1. The molecule has 0 amide bonds. The van der Waals surface area contributed by atoms with Gasteiger partial charge in [0.15, 0.2) is 0 Å². The molecular weight excluding hydrogens is 242 g/mol. The van der Waals surface area contributed by atoms with Crippen LogP contribution in [-0.2, 0) is 0 Å². The fourth-order valence-corrected chi connectivity index (χ4v) is 5.06. The first kappa shape index (κ1) is 11.2. The molecule has 0 aromatic carbocycles. The molecule has 4 bridgehead atoms. The Morgan fingerprint density at radius 1 is 1.44 bits per heavy atom. The maximum absolute atomic E-state index is 9.73. The second-order valence-electron chi connectivity index (χ2n) is 5.89. The number of nitrogens with zero attached hydrogens (tertiary/aromatic N) is 1. The molecule has 4 fully saturated rings. The van der Waals surface area contributed by atoms with Gasteiger partial charge in [-0.2, -0.15) is 0 Å². The van der Waals surface area contributed by atoms with Crippen molar-refractivity contribution >= 4 is 17.4 Å². The lowest BCUT2D eigenvalue weighted by Gasteiger charge is -2.51. The maximum Gasteiger partial charge on any atom is 0.0480 e. The van der Waals surface area contributed by atoms with Gasteiger partial charge in [-0.1, -0.05) is 11.6 Å². The monoisotopic (exact) mass is 261 g/mol. The van der Waals surface area contributed by atoms with E-state index < -0.39 is 0 Å². The molecule has 3 heteroatoms. The third kappa shape index (κ3) is 1.54. The number of hydrogen-bond donors (Lipinski definition) is 1. The van der Waals surface area contributed by atoms with E-state index in [1.165, 1.54) is 24.1 Å².